The van der Waals surface area contributed by atoms with Gasteiger partial charge in [-0.25, -0.2) is 14.0 Å². The molecule has 1 aliphatic rings. The van der Waals surface area contributed by atoms with Crippen molar-refractivity contribution in [1.29, 1.82) is 0 Å². The van der Waals surface area contributed by atoms with E-state index in [9.17, 15) is 9.18 Å². The predicted molar refractivity (Wildman–Crippen MR) is 90.0 cm³/mol. The van der Waals surface area contributed by atoms with E-state index in [-0.39, 0.29) is 27.8 Å². The van der Waals surface area contributed by atoms with Crippen molar-refractivity contribution in [2.45, 2.75) is 12.8 Å². The lowest BCUT2D eigenvalue weighted by atomic mass is 9.99. The molecule has 0 spiro atoms. The number of hydrogen-bond acceptors (Lipinski definition) is 7. The normalized spacial score (nSPS) is 16.0. The molecule has 2 aromatic rings. The molecule has 1 fully saturated rings. The van der Waals surface area contributed by atoms with E-state index in [1.165, 1.54) is 18.2 Å². The molecule has 10 heteroatoms. The fraction of sp³-hybridized carbons (Fsp3) is 0.333. The van der Waals surface area contributed by atoms with E-state index in [2.05, 4.69) is 41.2 Å². The Bertz CT molecular complexity index is 804. The first-order valence-corrected chi connectivity index (χ1v) is 8.38. The summed E-state index contributed by atoms with van der Waals surface area (Å²) in [5.41, 5.74) is 6.30. The quantitative estimate of drug-likeness (QED) is 0.448. The highest BCUT2D eigenvalue weighted by Gasteiger charge is 2.26. The topological polar surface area (TPSA) is 116 Å². The van der Waals surface area contributed by atoms with E-state index in [0.29, 0.717) is 18.5 Å². The van der Waals surface area contributed by atoms with Crippen molar-refractivity contribution in [3.63, 3.8) is 0 Å². The Hall–Kier alpha value is -2.33. The first kappa shape index (κ1) is 17.5. The van der Waals surface area contributed by atoms with E-state index in [1.54, 1.807) is 0 Å². The van der Waals surface area contributed by atoms with Gasteiger partial charge in [0.15, 0.2) is 5.84 Å². The Morgan fingerprint density at radius 2 is 2.16 bits per heavy atom. The fourth-order valence-corrected chi connectivity index (χ4v) is 2.75. The Balaban J connectivity index is 1.76. The predicted octanol–water partition coefficient (Wildman–Crippen LogP) is 1.91. The van der Waals surface area contributed by atoms with Crippen LogP contribution in [0.25, 0.3) is 0 Å². The van der Waals surface area contributed by atoms with E-state index in [1.807, 2.05) is 0 Å². The molecule has 2 heterocycles. The van der Waals surface area contributed by atoms with Crippen molar-refractivity contribution >= 4 is 33.4 Å². The molecule has 8 nitrogen and oxygen atoms in total. The van der Waals surface area contributed by atoms with E-state index >= 15 is 0 Å². The molecule has 1 saturated heterocycles. The summed E-state index contributed by atoms with van der Waals surface area (Å²) >= 11 is 3.07. The number of hydrogen-bond donors (Lipinski definition) is 2. The highest BCUT2D eigenvalue weighted by Crippen LogP contribution is 2.24. The molecule has 25 heavy (non-hydrogen) atoms. The van der Waals surface area contributed by atoms with Gasteiger partial charge in [0, 0.05) is 0 Å². The number of nitrogens with one attached hydrogen (secondary N) is 1. The van der Waals surface area contributed by atoms with Gasteiger partial charge in [0.05, 0.1) is 16.1 Å². The maximum absolute atomic E-state index is 13.3. The van der Waals surface area contributed by atoms with Crippen LogP contribution in [0, 0.1) is 11.7 Å². The smallest absolute Gasteiger partial charge is 0.315 e. The van der Waals surface area contributed by atoms with Crippen molar-refractivity contribution < 1.29 is 18.6 Å². The van der Waals surface area contributed by atoms with Gasteiger partial charge in [0.25, 0.3) is 5.88 Å². The first-order valence-electron chi connectivity index (χ1n) is 7.59. The number of aromatic nitrogens is 2. The number of rotatable bonds is 4. The third-order valence-electron chi connectivity index (χ3n) is 3.72. The second kappa shape index (κ2) is 7.70. The van der Waals surface area contributed by atoms with Crippen LogP contribution in [0.3, 0.4) is 0 Å². The third-order valence-corrected chi connectivity index (χ3v) is 4.33. The zero-order valence-corrected chi connectivity index (χ0v) is 14.6. The maximum atomic E-state index is 13.3. The fourth-order valence-electron chi connectivity index (χ4n) is 2.39. The summed E-state index contributed by atoms with van der Waals surface area (Å²) < 4.78 is 23.4. The second-order valence-corrected chi connectivity index (χ2v) is 6.31. The number of nitrogens with two attached hydrogens (primary N) is 1. The van der Waals surface area contributed by atoms with Gasteiger partial charge in [-0.2, -0.15) is 0 Å². The van der Waals surface area contributed by atoms with Crippen LogP contribution < -0.4 is 15.8 Å². The minimum absolute atomic E-state index is 0.0164. The molecule has 3 rings (SSSR count). The number of amidine groups is 1. The summed E-state index contributed by atoms with van der Waals surface area (Å²) in [7, 11) is 0. The van der Waals surface area contributed by atoms with Crippen molar-refractivity contribution in [2.75, 3.05) is 13.1 Å². The summed E-state index contributed by atoms with van der Waals surface area (Å²) in [6, 6.07) is 4.15. The number of ether oxygens (including phenoxy) is 1. The van der Waals surface area contributed by atoms with Crippen molar-refractivity contribution in [3.05, 3.63) is 34.2 Å². The van der Waals surface area contributed by atoms with Gasteiger partial charge in [0.2, 0.25) is 5.69 Å². The van der Waals surface area contributed by atoms with Crippen LogP contribution in [-0.4, -0.2) is 35.2 Å². The molecular formula is C15H15BrFN5O3. The largest absolute Gasteiger partial charge is 0.402 e. The molecule has 3 N–H and O–H groups in total. The lowest BCUT2D eigenvalue weighted by Gasteiger charge is -2.20. The Kier molecular flexibility index (Phi) is 5.39. The number of carbonyl (C=O) groups is 1. The zero-order chi connectivity index (χ0) is 17.8. The van der Waals surface area contributed by atoms with Crippen molar-refractivity contribution in [1.82, 2.24) is 15.6 Å². The molecule has 0 unspecified atom stereocenters. The lowest BCUT2D eigenvalue weighted by molar-refractivity contribution is -0.140. The van der Waals surface area contributed by atoms with Crippen LogP contribution in [0.5, 0.6) is 5.88 Å². The molecule has 1 aromatic carbocycles. The number of carbonyl (C=O) groups excluding carboxylic acids is 1. The van der Waals surface area contributed by atoms with E-state index < -0.39 is 11.8 Å². The van der Waals surface area contributed by atoms with E-state index in [4.69, 9.17) is 10.5 Å². The molecule has 0 amide bonds. The average molecular weight is 412 g/mol. The van der Waals surface area contributed by atoms with Gasteiger partial charge in [-0.1, -0.05) is 0 Å². The van der Waals surface area contributed by atoms with Crippen LogP contribution in [0.1, 0.15) is 18.5 Å². The summed E-state index contributed by atoms with van der Waals surface area (Å²) in [4.78, 5) is 16.3. The first-order chi connectivity index (χ1) is 12.0. The van der Waals surface area contributed by atoms with E-state index in [0.717, 1.165) is 13.1 Å². The Labute approximate surface area is 150 Å². The van der Waals surface area contributed by atoms with Gasteiger partial charge in [-0.3, -0.25) is 4.79 Å². The van der Waals surface area contributed by atoms with Crippen LogP contribution in [0.15, 0.2) is 32.3 Å². The third kappa shape index (κ3) is 4.20. The number of esters is 1. The number of aliphatic imine (C=N–C) groups is 1. The molecule has 0 saturated carbocycles. The van der Waals surface area contributed by atoms with Crippen molar-refractivity contribution in [3.8, 4) is 5.88 Å². The molecule has 0 radical (unpaired) electrons. The molecule has 0 atom stereocenters. The van der Waals surface area contributed by atoms with Gasteiger partial charge >= 0.3 is 5.97 Å². The number of benzene rings is 1. The molecule has 0 bridgehead atoms. The molecule has 1 aromatic heterocycles. The van der Waals surface area contributed by atoms with Crippen molar-refractivity contribution in [2.24, 2.45) is 16.6 Å². The Morgan fingerprint density at radius 3 is 2.88 bits per heavy atom. The van der Waals surface area contributed by atoms with Gasteiger partial charge in [0.1, 0.15) is 5.82 Å². The molecule has 0 aliphatic carbocycles. The van der Waals surface area contributed by atoms with Gasteiger partial charge in [-0.15, -0.1) is 0 Å². The summed E-state index contributed by atoms with van der Waals surface area (Å²) in [5, 5.41) is 10.4. The molecule has 1 aliphatic heterocycles. The standard InChI is InChI=1S/C15H15BrFN5O3/c16-10-7-9(1-2-11(10)17)20-13(18)12-14(22-25-21-12)24-15(23)8-3-5-19-6-4-8/h1-2,7-8,19H,3-6H2,(H2,18,20). The summed E-state index contributed by atoms with van der Waals surface area (Å²) in [6.45, 7) is 1.51. The number of nitrogens with zero attached hydrogens (tertiary/aromatic N) is 3. The SMILES string of the molecule is NC(=Nc1ccc(F)c(Br)c1)c1nonc1OC(=O)C1CCNCC1. The Morgan fingerprint density at radius 1 is 1.40 bits per heavy atom. The van der Waals surface area contributed by atoms with Crippen LogP contribution in [0.2, 0.25) is 0 Å². The highest BCUT2D eigenvalue weighted by molar-refractivity contribution is 9.10. The molecule has 132 valence electrons. The van der Waals surface area contributed by atoms with Crippen LogP contribution >= 0.6 is 15.9 Å². The maximum Gasteiger partial charge on any atom is 0.315 e. The van der Waals surface area contributed by atoms with Crippen LogP contribution in [-0.2, 0) is 4.79 Å². The highest BCUT2D eigenvalue weighted by atomic mass is 79.9. The minimum atomic E-state index is -0.419. The van der Waals surface area contributed by atoms with Gasteiger partial charge in [-0.05, 0) is 70.4 Å². The lowest BCUT2D eigenvalue weighted by Crippen LogP contribution is -2.34. The number of halogens is 2. The summed E-state index contributed by atoms with van der Waals surface area (Å²) in [5.74, 6) is -1.23. The minimum Gasteiger partial charge on any atom is -0.402 e. The monoisotopic (exact) mass is 411 g/mol. The second-order valence-electron chi connectivity index (χ2n) is 5.46. The van der Waals surface area contributed by atoms with Gasteiger partial charge < -0.3 is 15.8 Å². The zero-order valence-electron chi connectivity index (χ0n) is 13.0. The average Bonchev–Trinajstić information content (AvgIpc) is 3.07. The summed E-state index contributed by atoms with van der Waals surface area (Å²) in [6.07, 6.45) is 1.37. The van der Waals surface area contributed by atoms with Crippen LogP contribution in [0.4, 0.5) is 10.1 Å². The number of piperidine rings is 1. The molecular weight excluding hydrogens is 397 g/mol.